The highest BCUT2D eigenvalue weighted by molar-refractivity contribution is 6.31. The predicted molar refractivity (Wildman–Crippen MR) is 91.5 cm³/mol. The summed E-state index contributed by atoms with van der Waals surface area (Å²) < 4.78 is 15.3. The molecule has 3 rings (SSSR count). The number of nitrogens with one attached hydrogen (secondary N) is 1. The highest BCUT2D eigenvalue weighted by atomic mass is 35.5. The van der Waals surface area contributed by atoms with Gasteiger partial charge in [-0.15, -0.1) is 0 Å². The normalized spacial score (nSPS) is 10.6. The van der Waals surface area contributed by atoms with Gasteiger partial charge in [0, 0.05) is 11.1 Å². The van der Waals surface area contributed by atoms with Gasteiger partial charge in [-0.25, -0.2) is 9.07 Å². The monoisotopic (exact) mass is 343 g/mol. The average molecular weight is 344 g/mol. The lowest BCUT2D eigenvalue weighted by atomic mass is 10.1. The third kappa shape index (κ3) is 3.81. The van der Waals surface area contributed by atoms with Crippen molar-refractivity contribution in [3.8, 4) is 0 Å². The molecular formula is C18H15ClFN3O. The van der Waals surface area contributed by atoms with Gasteiger partial charge < -0.3 is 5.32 Å². The largest absolute Gasteiger partial charge is 0.311 e. The minimum absolute atomic E-state index is 0.0378. The molecule has 0 saturated heterocycles. The number of amides is 1. The van der Waals surface area contributed by atoms with Crippen LogP contribution in [0.1, 0.15) is 11.1 Å². The van der Waals surface area contributed by atoms with E-state index < -0.39 is 5.82 Å². The van der Waals surface area contributed by atoms with Crippen LogP contribution in [0.2, 0.25) is 5.02 Å². The van der Waals surface area contributed by atoms with E-state index >= 15 is 0 Å². The fraction of sp³-hybridized carbons (Fsp3) is 0.111. The Balaban J connectivity index is 1.70. The van der Waals surface area contributed by atoms with E-state index in [2.05, 4.69) is 10.4 Å². The summed E-state index contributed by atoms with van der Waals surface area (Å²) in [7, 11) is 0. The van der Waals surface area contributed by atoms with E-state index in [1.165, 1.54) is 6.07 Å². The van der Waals surface area contributed by atoms with Crippen LogP contribution in [-0.2, 0) is 17.8 Å². The summed E-state index contributed by atoms with van der Waals surface area (Å²) in [4.78, 5) is 12.2. The number of carbonyl (C=O) groups excluding carboxylic acids is 1. The first-order valence-corrected chi connectivity index (χ1v) is 7.80. The molecule has 1 heterocycles. The summed E-state index contributed by atoms with van der Waals surface area (Å²) in [6.07, 6.45) is 1.56. The first kappa shape index (κ1) is 16.2. The zero-order chi connectivity index (χ0) is 16.9. The van der Waals surface area contributed by atoms with Gasteiger partial charge in [-0.1, -0.05) is 48.0 Å². The lowest BCUT2D eigenvalue weighted by Gasteiger charge is -2.10. The van der Waals surface area contributed by atoms with Gasteiger partial charge in [0.15, 0.2) is 0 Å². The van der Waals surface area contributed by atoms with Crippen molar-refractivity contribution < 1.29 is 9.18 Å². The van der Waals surface area contributed by atoms with E-state index in [9.17, 15) is 9.18 Å². The molecule has 0 saturated carbocycles. The Morgan fingerprint density at radius 1 is 1.08 bits per heavy atom. The fourth-order valence-electron chi connectivity index (χ4n) is 2.35. The van der Waals surface area contributed by atoms with E-state index in [4.69, 9.17) is 11.6 Å². The lowest BCUT2D eigenvalue weighted by molar-refractivity contribution is -0.115. The van der Waals surface area contributed by atoms with Crippen molar-refractivity contribution in [2.75, 3.05) is 5.32 Å². The van der Waals surface area contributed by atoms with Crippen LogP contribution in [0.15, 0.2) is 60.8 Å². The van der Waals surface area contributed by atoms with Gasteiger partial charge in [0.25, 0.3) is 0 Å². The molecule has 1 N–H and O–H groups in total. The second-order valence-corrected chi connectivity index (χ2v) is 5.69. The van der Waals surface area contributed by atoms with Gasteiger partial charge in [-0.2, -0.15) is 5.10 Å². The van der Waals surface area contributed by atoms with E-state index in [0.29, 0.717) is 22.9 Å². The summed E-state index contributed by atoms with van der Waals surface area (Å²) in [6, 6.07) is 15.4. The first-order chi connectivity index (χ1) is 11.6. The maximum Gasteiger partial charge on any atom is 0.230 e. The fourth-order valence-corrected chi connectivity index (χ4v) is 2.55. The molecule has 2 aromatic carbocycles. The maximum atomic E-state index is 13.6. The molecule has 0 aliphatic heterocycles. The number of halogens is 2. The predicted octanol–water partition coefficient (Wildman–Crippen LogP) is 3.91. The molecule has 0 aliphatic carbocycles. The molecule has 0 radical (unpaired) electrons. The van der Waals surface area contributed by atoms with Crippen molar-refractivity contribution in [3.63, 3.8) is 0 Å². The minimum atomic E-state index is -0.391. The second-order valence-electron chi connectivity index (χ2n) is 5.28. The van der Waals surface area contributed by atoms with Crippen molar-refractivity contribution >= 4 is 23.3 Å². The third-order valence-electron chi connectivity index (χ3n) is 3.57. The van der Waals surface area contributed by atoms with Crippen LogP contribution < -0.4 is 5.32 Å². The summed E-state index contributed by atoms with van der Waals surface area (Å²) >= 11 is 6.15. The van der Waals surface area contributed by atoms with Crippen molar-refractivity contribution in [1.82, 2.24) is 9.78 Å². The summed E-state index contributed by atoms with van der Waals surface area (Å²) in [5.41, 5.74) is 1.25. The number of hydrogen-bond donors (Lipinski definition) is 1. The van der Waals surface area contributed by atoms with Crippen molar-refractivity contribution in [2.24, 2.45) is 0 Å². The number of aromatic nitrogens is 2. The molecule has 4 nitrogen and oxygen atoms in total. The number of anilines is 1. The van der Waals surface area contributed by atoms with Crippen molar-refractivity contribution in [1.29, 1.82) is 0 Å². The second kappa shape index (κ2) is 7.27. The van der Waals surface area contributed by atoms with Crippen LogP contribution in [0.3, 0.4) is 0 Å². The van der Waals surface area contributed by atoms with Gasteiger partial charge >= 0.3 is 0 Å². The van der Waals surface area contributed by atoms with Crippen molar-refractivity contribution in [2.45, 2.75) is 13.0 Å². The van der Waals surface area contributed by atoms with Crippen molar-refractivity contribution in [3.05, 3.63) is 82.8 Å². The molecule has 0 aliphatic rings. The number of hydrogen-bond acceptors (Lipinski definition) is 2. The Labute approximate surface area is 143 Å². The van der Waals surface area contributed by atoms with Gasteiger partial charge in [0.05, 0.1) is 19.2 Å². The van der Waals surface area contributed by atoms with Crippen LogP contribution in [-0.4, -0.2) is 15.7 Å². The number of benzene rings is 2. The first-order valence-electron chi connectivity index (χ1n) is 7.42. The quantitative estimate of drug-likeness (QED) is 0.763. The average Bonchev–Trinajstić information content (AvgIpc) is 2.99. The Bertz CT molecular complexity index is 863. The van der Waals surface area contributed by atoms with Crippen LogP contribution in [0, 0.1) is 5.82 Å². The highest BCUT2D eigenvalue weighted by Gasteiger charge is 2.11. The maximum absolute atomic E-state index is 13.6. The Morgan fingerprint density at radius 2 is 1.79 bits per heavy atom. The molecule has 3 aromatic rings. The molecule has 0 spiro atoms. The molecule has 122 valence electrons. The van der Waals surface area contributed by atoms with E-state index in [1.54, 1.807) is 41.2 Å². The van der Waals surface area contributed by atoms with Gasteiger partial charge in [0.2, 0.25) is 5.91 Å². The third-order valence-corrected chi connectivity index (χ3v) is 3.94. The van der Waals surface area contributed by atoms with Gasteiger partial charge in [-0.3, -0.25) is 4.79 Å². The Hall–Kier alpha value is -2.66. The van der Waals surface area contributed by atoms with E-state index in [1.807, 2.05) is 18.2 Å². The standard InChI is InChI=1S/C18H15ClFN3O/c19-15-7-3-1-6-14(15)12-23-17(9-10-21-23)22-18(24)11-13-5-2-4-8-16(13)20/h1-10H,11-12H2,(H,22,24). The Morgan fingerprint density at radius 3 is 2.54 bits per heavy atom. The molecule has 0 unspecified atom stereocenters. The van der Waals surface area contributed by atoms with Crippen LogP contribution in [0.25, 0.3) is 0 Å². The SMILES string of the molecule is O=C(Cc1ccccc1F)Nc1ccnn1Cc1ccccc1Cl. The van der Waals surface area contributed by atoms with Crippen LogP contribution in [0.5, 0.6) is 0 Å². The lowest BCUT2D eigenvalue weighted by Crippen LogP contribution is -2.18. The van der Waals surface area contributed by atoms with E-state index in [0.717, 1.165) is 5.56 Å². The zero-order valence-electron chi connectivity index (χ0n) is 12.7. The number of nitrogens with zero attached hydrogens (tertiary/aromatic N) is 2. The number of carbonyl (C=O) groups is 1. The van der Waals surface area contributed by atoms with E-state index in [-0.39, 0.29) is 12.3 Å². The van der Waals surface area contributed by atoms with Crippen LogP contribution in [0.4, 0.5) is 10.2 Å². The molecule has 0 fully saturated rings. The number of rotatable bonds is 5. The zero-order valence-corrected chi connectivity index (χ0v) is 13.5. The Kier molecular flexibility index (Phi) is 4.91. The summed E-state index contributed by atoms with van der Waals surface area (Å²) in [5, 5.41) is 7.59. The molecule has 1 amide bonds. The molecular weight excluding hydrogens is 329 g/mol. The molecule has 6 heteroatoms. The minimum Gasteiger partial charge on any atom is -0.311 e. The molecule has 1 aromatic heterocycles. The molecule has 0 atom stereocenters. The van der Waals surface area contributed by atoms with Crippen LogP contribution >= 0.6 is 11.6 Å². The highest BCUT2D eigenvalue weighted by Crippen LogP contribution is 2.18. The van der Waals surface area contributed by atoms with Gasteiger partial charge in [-0.05, 0) is 23.3 Å². The summed E-state index contributed by atoms with van der Waals surface area (Å²) in [5.74, 6) is -0.158. The molecule has 24 heavy (non-hydrogen) atoms. The smallest absolute Gasteiger partial charge is 0.230 e. The summed E-state index contributed by atoms with van der Waals surface area (Å²) in [6.45, 7) is 0.433. The molecule has 0 bridgehead atoms. The van der Waals surface area contributed by atoms with Gasteiger partial charge in [0.1, 0.15) is 11.6 Å². The topological polar surface area (TPSA) is 46.9 Å².